The zero-order valence-corrected chi connectivity index (χ0v) is 9.88. The maximum absolute atomic E-state index is 11.6. The lowest BCUT2D eigenvalue weighted by Crippen LogP contribution is -2.56. The molecule has 0 saturated heterocycles. The third-order valence-electron chi connectivity index (χ3n) is 4.83. The Morgan fingerprint density at radius 3 is 2.29 bits per heavy atom. The Morgan fingerprint density at radius 2 is 1.76 bits per heavy atom. The van der Waals surface area contributed by atoms with E-state index in [1.165, 1.54) is 32.1 Å². The molecule has 0 heterocycles. The van der Waals surface area contributed by atoms with Gasteiger partial charge in [-0.05, 0) is 61.3 Å². The van der Waals surface area contributed by atoms with Crippen LogP contribution in [0, 0.1) is 23.7 Å². The Kier molecular flexibility index (Phi) is 2.71. The second kappa shape index (κ2) is 4.22. The van der Waals surface area contributed by atoms with Crippen molar-refractivity contribution in [3.63, 3.8) is 0 Å². The Balaban J connectivity index is 1.64. The molecule has 0 aromatic rings. The van der Waals surface area contributed by atoms with Crippen LogP contribution in [-0.2, 0) is 4.79 Å². The third kappa shape index (κ3) is 2.00. The molecule has 4 aliphatic rings. The molecule has 5 nitrogen and oxygen atoms in total. The first-order valence-corrected chi connectivity index (χ1v) is 6.56. The molecular weight excluding hydrogens is 216 g/mol. The van der Waals surface area contributed by atoms with Gasteiger partial charge in [0.1, 0.15) is 6.54 Å². The fourth-order valence-electron chi connectivity index (χ4n) is 4.49. The van der Waals surface area contributed by atoms with Gasteiger partial charge in [0.2, 0.25) is 5.91 Å². The molecule has 0 aromatic heterocycles. The maximum Gasteiger partial charge on any atom is 0.226 e. The van der Waals surface area contributed by atoms with Crippen LogP contribution in [-0.4, -0.2) is 18.5 Å². The average Bonchev–Trinajstić information content (AvgIpc) is 2.30. The number of carbonyl (C=O) groups excluding carboxylic acids is 1. The van der Waals surface area contributed by atoms with E-state index in [0.717, 1.165) is 11.8 Å². The molecule has 0 atom stereocenters. The van der Waals surface area contributed by atoms with Crippen molar-refractivity contribution in [2.24, 2.45) is 28.8 Å². The monoisotopic (exact) mass is 234 g/mol. The highest BCUT2D eigenvalue weighted by Crippen LogP contribution is 2.53. The molecule has 4 aliphatic carbocycles. The zero-order chi connectivity index (χ0) is 11.8. The lowest BCUT2D eigenvalue weighted by atomic mass is 9.54. The van der Waals surface area contributed by atoms with Gasteiger partial charge >= 0.3 is 0 Å². The van der Waals surface area contributed by atoms with Gasteiger partial charge in [-0.3, -0.25) is 4.79 Å². The van der Waals surface area contributed by atoms with Crippen LogP contribution in [0.2, 0.25) is 0 Å². The van der Waals surface area contributed by atoms with Crippen LogP contribution in [0.1, 0.15) is 32.1 Å². The second-order valence-electron chi connectivity index (χ2n) is 5.91. The van der Waals surface area contributed by atoms with E-state index >= 15 is 0 Å². The number of azide groups is 1. The molecule has 4 saturated carbocycles. The first kappa shape index (κ1) is 10.9. The maximum atomic E-state index is 11.6. The summed E-state index contributed by atoms with van der Waals surface area (Å²) < 4.78 is 0. The number of nitrogens with one attached hydrogen (secondary N) is 1. The summed E-state index contributed by atoms with van der Waals surface area (Å²) >= 11 is 0. The second-order valence-corrected chi connectivity index (χ2v) is 5.91. The van der Waals surface area contributed by atoms with Gasteiger partial charge in [0.05, 0.1) is 0 Å². The van der Waals surface area contributed by atoms with E-state index < -0.39 is 0 Å². The summed E-state index contributed by atoms with van der Waals surface area (Å²) in [7, 11) is 0. The molecule has 0 radical (unpaired) electrons. The van der Waals surface area contributed by atoms with Gasteiger partial charge in [0.25, 0.3) is 0 Å². The lowest BCUT2D eigenvalue weighted by molar-refractivity contribution is -0.123. The van der Waals surface area contributed by atoms with Crippen molar-refractivity contribution >= 4 is 5.91 Å². The van der Waals surface area contributed by atoms with E-state index in [2.05, 4.69) is 15.3 Å². The van der Waals surface area contributed by atoms with Gasteiger partial charge in [-0.1, -0.05) is 5.11 Å². The highest BCUT2D eigenvalue weighted by atomic mass is 16.2. The fraction of sp³-hybridized carbons (Fsp3) is 0.917. The lowest BCUT2D eigenvalue weighted by Gasteiger charge is -2.54. The van der Waals surface area contributed by atoms with Gasteiger partial charge in [-0.15, -0.1) is 0 Å². The zero-order valence-electron chi connectivity index (χ0n) is 9.88. The molecule has 4 fully saturated rings. The number of hydrogen-bond acceptors (Lipinski definition) is 2. The average molecular weight is 234 g/mol. The van der Waals surface area contributed by atoms with E-state index in [1.54, 1.807) is 0 Å². The normalized spacial score (nSPS) is 42.0. The first-order valence-electron chi connectivity index (χ1n) is 6.56. The van der Waals surface area contributed by atoms with Crippen LogP contribution < -0.4 is 5.32 Å². The summed E-state index contributed by atoms with van der Waals surface area (Å²) in [5, 5.41) is 6.42. The van der Waals surface area contributed by atoms with Crippen molar-refractivity contribution in [2.75, 3.05) is 6.54 Å². The van der Waals surface area contributed by atoms with Crippen LogP contribution in [0.4, 0.5) is 0 Å². The highest BCUT2D eigenvalue weighted by Gasteiger charge is 2.48. The van der Waals surface area contributed by atoms with Gasteiger partial charge < -0.3 is 5.32 Å². The predicted molar refractivity (Wildman–Crippen MR) is 63.0 cm³/mol. The molecule has 0 spiro atoms. The minimum Gasteiger partial charge on any atom is -0.353 e. The molecule has 0 aliphatic heterocycles. The molecule has 5 heteroatoms. The molecule has 4 rings (SSSR count). The summed E-state index contributed by atoms with van der Waals surface area (Å²) in [5.41, 5.74) is 8.20. The molecule has 0 aromatic carbocycles. The number of rotatable bonds is 3. The summed E-state index contributed by atoms with van der Waals surface area (Å²) in [4.78, 5) is 14.2. The van der Waals surface area contributed by atoms with Crippen LogP contribution in [0.5, 0.6) is 0 Å². The number of nitrogens with zero attached hydrogens (tertiary/aromatic N) is 3. The first-order chi connectivity index (χ1) is 8.26. The van der Waals surface area contributed by atoms with Crippen LogP contribution in [0.25, 0.3) is 10.4 Å². The van der Waals surface area contributed by atoms with Crippen molar-refractivity contribution in [1.29, 1.82) is 0 Å². The van der Waals surface area contributed by atoms with Crippen LogP contribution >= 0.6 is 0 Å². The smallest absolute Gasteiger partial charge is 0.226 e. The van der Waals surface area contributed by atoms with E-state index in [1.807, 2.05) is 0 Å². The Hall–Kier alpha value is -1.22. The number of amides is 1. The van der Waals surface area contributed by atoms with Gasteiger partial charge in [-0.25, -0.2) is 0 Å². The minimum atomic E-state index is -0.111. The Morgan fingerprint density at radius 1 is 1.18 bits per heavy atom. The molecule has 4 bridgehead atoms. The van der Waals surface area contributed by atoms with Crippen molar-refractivity contribution < 1.29 is 4.79 Å². The SMILES string of the molecule is [N-]=[N+]=NCC(=O)NC1C2CC3CC(C2)CC1C3. The van der Waals surface area contributed by atoms with E-state index in [-0.39, 0.29) is 12.5 Å². The number of carbonyl (C=O) groups is 1. The van der Waals surface area contributed by atoms with E-state index in [4.69, 9.17) is 5.53 Å². The topological polar surface area (TPSA) is 77.9 Å². The van der Waals surface area contributed by atoms with Gasteiger partial charge in [0.15, 0.2) is 0 Å². The van der Waals surface area contributed by atoms with E-state index in [9.17, 15) is 4.79 Å². The summed E-state index contributed by atoms with van der Waals surface area (Å²) in [6.45, 7) is -0.0563. The molecule has 1 N–H and O–H groups in total. The summed E-state index contributed by atoms with van der Waals surface area (Å²) in [6, 6.07) is 0.351. The predicted octanol–water partition coefficient (Wildman–Crippen LogP) is 2.24. The minimum absolute atomic E-state index is 0.0563. The van der Waals surface area contributed by atoms with Crippen molar-refractivity contribution in [3.05, 3.63) is 10.4 Å². The largest absolute Gasteiger partial charge is 0.353 e. The molecular formula is C12H18N4O. The molecule has 1 amide bonds. The van der Waals surface area contributed by atoms with Gasteiger partial charge in [0, 0.05) is 11.0 Å². The quantitative estimate of drug-likeness (QED) is 0.453. The summed E-state index contributed by atoms with van der Waals surface area (Å²) in [5.74, 6) is 3.09. The van der Waals surface area contributed by atoms with Crippen LogP contribution in [0.3, 0.4) is 0 Å². The van der Waals surface area contributed by atoms with Crippen molar-refractivity contribution in [1.82, 2.24) is 5.32 Å². The van der Waals surface area contributed by atoms with Gasteiger partial charge in [-0.2, -0.15) is 0 Å². The molecule has 0 unspecified atom stereocenters. The third-order valence-corrected chi connectivity index (χ3v) is 4.83. The van der Waals surface area contributed by atoms with Crippen LogP contribution in [0.15, 0.2) is 5.11 Å². The summed E-state index contributed by atoms with van der Waals surface area (Å²) in [6.07, 6.45) is 6.59. The standard InChI is InChI=1S/C12H18N4O/c13-16-14-6-11(17)15-12-9-2-7-1-8(4-9)5-10(12)3-7/h7-10,12H,1-6H2,(H,15,17). The highest BCUT2D eigenvalue weighted by molar-refractivity contribution is 5.78. The van der Waals surface area contributed by atoms with Crippen molar-refractivity contribution in [2.45, 2.75) is 38.1 Å². The number of hydrogen-bond donors (Lipinski definition) is 1. The fourth-order valence-corrected chi connectivity index (χ4v) is 4.49. The van der Waals surface area contributed by atoms with Crippen molar-refractivity contribution in [3.8, 4) is 0 Å². The Labute approximate surface area is 101 Å². The molecule has 92 valence electrons. The molecule has 17 heavy (non-hydrogen) atoms. The van der Waals surface area contributed by atoms with E-state index in [0.29, 0.717) is 17.9 Å². The Bertz CT molecular complexity index is 347.